The van der Waals surface area contributed by atoms with Gasteiger partial charge in [-0.1, -0.05) is 18.2 Å². The van der Waals surface area contributed by atoms with Crippen LogP contribution in [0, 0.1) is 5.82 Å². The first-order valence-corrected chi connectivity index (χ1v) is 9.55. The molecule has 1 aromatic rings. The molecule has 0 radical (unpaired) electrons. The molecule has 0 saturated carbocycles. The summed E-state index contributed by atoms with van der Waals surface area (Å²) in [6, 6.07) is 5.15. The molecule has 3 heterocycles. The van der Waals surface area contributed by atoms with E-state index in [0.717, 1.165) is 10.6 Å². The Balaban J connectivity index is 1.62. The molecule has 0 aliphatic carbocycles. The first-order chi connectivity index (χ1) is 13.9. The Morgan fingerprint density at radius 2 is 2.07 bits per heavy atom. The number of imide groups is 1. The highest BCUT2D eigenvalue weighted by atomic mass is 19.1. The number of nitrogens with one attached hydrogen (secondary N) is 1. The zero-order valence-electron chi connectivity index (χ0n) is 16.7. The third-order valence-electron chi connectivity index (χ3n) is 5.56. The van der Waals surface area contributed by atoms with Gasteiger partial charge in [-0.2, -0.15) is 5.10 Å². The quantitative estimate of drug-likeness (QED) is 0.767. The SMILES string of the molecule is COCCN1N=C(C)CN2C3C(=O)N(Cc4ccccc4F)C(=O)N(C)C3NC12. The van der Waals surface area contributed by atoms with Crippen molar-refractivity contribution in [1.29, 1.82) is 0 Å². The first kappa shape index (κ1) is 19.7. The monoisotopic (exact) mass is 404 g/mol. The van der Waals surface area contributed by atoms with Gasteiger partial charge in [-0.05, 0) is 13.0 Å². The van der Waals surface area contributed by atoms with Crippen LogP contribution in [0.15, 0.2) is 29.4 Å². The first-order valence-electron chi connectivity index (χ1n) is 9.55. The molecular formula is C19H25FN6O3. The third-order valence-corrected chi connectivity index (χ3v) is 5.56. The topological polar surface area (TPSA) is 80.7 Å². The summed E-state index contributed by atoms with van der Waals surface area (Å²) in [4.78, 5) is 30.9. The molecule has 10 heteroatoms. The van der Waals surface area contributed by atoms with Crippen LogP contribution in [-0.4, -0.2) is 89.7 Å². The van der Waals surface area contributed by atoms with Crippen molar-refractivity contribution in [3.63, 3.8) is 0 Å². The van der Waals surface area contributed by atoms with E-state index in [9.17, 15) is 14.0 Å². The van der Waals surface area contributed by atoms with Gasteiger partial charge in [-0.3, -0.25) is 20.0 Å². The van der Waals surface area contributed by atoms with Crippen LogP contribution in [0.5, 0.6) is 0 Å². The van der Waals surface area contributed by atoms with Crippen LogP contribution in [0.4, 0.5) is 9.18 Å². The molecule has 0 aromatic heterocycles. The Morgan fingerprint density at radius 1 is 1.31 bits per heavy atom. The second kappa shape index (κ2) is 7.69. The number of hydrazone groups is 1. The van der Waals surface area contributed by atoms with Crippen LogP contribution in [0.3, 0.4) is 0 Å². The molecule has 3 aliphatic rings. The molecule has 1 aromatic carbocycles. The van der Waals surface area contributed by atoms with Gasteiger partial charge in [0, 0.05) is 32.0 Å². The van der Waals surface area contributed by atoms with Gasteiger partial charge < -0.3 is 9.64 Å². The van der Waals surface area contributed by atoms with Gasteiger partial charge in [0.15, 0.2) is 6.29 Å². The van der Waals surface area contributed by atoms with Crippen LogP contribution in [0.25, 0.3) is 0 Å². The van der Waals surface area contributed by atoms with Gasteiger partial charge in [0.05, 0.1) is 19.7 Å². The minimum atomic E-state index is -0.579. The number of halogens is 1. The highest BCUT2D eigenvalue weighted by Gasteiger charge is 2.56. The molecule has 4 rings (SSSR count). The fourth-order valence-electron chi connectivity index (χ4n) is 4.15. The summed E-state index contributed by atoms with van der Waals surface area (Å²) in [5.41, 5.74) is 1.18. The summed E-state index contributed by atoms with van der Waals surface area (Å²) < 4.78 is 19.3. The molecule has 3 aliphatic heterocycles. The van der Waals surface area contributed by atoms with Crippen molar-refractivity contribution in [2.45, 2.75) is 32.0 Å². The zero-order chi connectivity index (χ0) is 20.7. The van der Waals surface area contributed by atoms with Gasteiger partial charge in [0.25, 0.3) is 5.91 Å². The average molecular weight is 404 g/mol. The van der Waals surface area contributed by atoms with Crippen molar-refractivity contribution in [1.82, 2.24) is 25.0 Å². The van der Waals surface area contributed by atoms with Gasteiger partial charge in [-0.25, -0.2) is 14.1 Å². The third kappa shape index (κ3) is 3.37. The molecule has 3 unspecified atom stereocenters. The smallest absolute Gasteiger partial charge is 0.328 e. The number of carbonyl (C=O) groups is 2. The highest BCUT2D eigenvalue weighted by molar-refractivity contribution is 6.01. The molecule has 3 atom stereocenters. The molecule has 1 N–H and O–H groups in total. The number of urea groups is 1. The maximum atomic E-state index is 14.1. The van der Waals surface area contributed by atoms with E-state index in [1.165, 1.54) is 11.0 Å². The van der Waals surface area contributed by atoms with Crippen molar-refractivity contribution in [2.24, 2.45) is 5.10 Å². The number of methoxy groups -OCH3 is 1. The molecule has 9 nitrogen and oxygen atoms in total. The van der Waals surface area contributed by atoms with Crippen molar-refractivity contribution >= 4 is 17.6 Å². The Bertz CT molecular complexity index is 849. The van der Waals surface area contributed by atoms with Crippen LogP contribution in [-0.2, 0) is 16.1 Å². The van der Waals surface area contributed by atoms with E-state index in [-0.39, 0.29) is 18.7 Å². The lowest BCUT2D eigenvalue weighted by molar-refractivity contribution is -0.139. The lowest BCUT2D eigenvalue weighted by Gasteiger charge is -2.42. The van der Waals surface area contributed by atoms with E-state index in [4.69, 9.17) is 4.74 Å². The summed E-state index contributed by atoms with van der Waals surface area (Å²) in [7, 11) is 3.27. The summed E-state index contributed by atoms with van der Waals surface area (Å²) in [5, 5.41) is 9.77. The highest BCUT2D eigenvalue weighted by Crippen LogP contribution is 2.31. The average Bonchev–Trinajstić information content (AvgIpc) is 3.08. The fourth-order valence-corrected chi connectivity index (χ4v) is 4.15. The number of carbonyl (C=O) groups excluding carboxylic acids is 2. The largest absolute Gasteiger partial charge is 0.383 e. The lowest BCUT2D eigenvalue weighted by atomic mass is 10.1. The van der Waals surface area contributed by atoms with E-state index < -0.39 is 24.1 Å². The van der Waals surface area contributed by atoms with E-state index in [1.54, 1.807) is 32.4 Å². The van der Waals surface area contributed by atoms with Crippen molar-refractivity contribution < 1.29 is 18.7 Å². The number of benzene rings is 1. The Kier molecular flexibility index (Phi) is 5.24. The number of amides is 3. The molecule has 2 fully saturated rings. The number of nitrogens with zero attached hydrogens (tertiary/aromatic N) is 5. The van der Waals surface area contributed by atoms with Crippen LogP contribution < -0.4 is 5.32 Å². The van der Waals surface area contributed by atoms with E-state index >= 15 is 0 Å². The normalized spacial score (nSPS) is 27.2. The Labute approximate surface area is 168 Å². The lowest BCUT2D eigenvalue weighted by Crippen LogP contribution is -2.66. The van der Waals surface area contributed by atoms with Gasteiger partial charge >= 0.3 is 6.03 Å². The zero-order valence-corrected chi connectivity index (χ0v) is 16.7. The molecule has 0 spiro atoms. The predicted molar refractivity (Wildman–Crippen MR) is 103 cm³/mol. The molecule has 0 bridgehead atoms. The van der Waals surface area contributed by atoms with E-state index in [2.05, 4.69) is 10.4 Å². The molecule has 3 amide bonds. The van der Waals surface area contributed by atoms with Crippen molar-refractivity contribution in [2.75, 3.05) is 33.9 Å². The van der Waals surface area contributed by atoms with Crippen LogP contribution in [0.1, 0.15) is 12.5 Å². The molecule has 29 heavy (non-hydrogen) atoms. The molecular weight excluding hydrogens is 379 g/mol. The summed E-state index contributed by atoms with van der Waals surface area (Å²) in [6.45, 7) is 3.34. The van der Waals surface area contributed by atoms with Crippen LogP contribution >= 0.6 is 0 Å². The van der Waals surface area contributed by atoms with E-state index in [0.29, 0.717) is 25.3 Å². The number of likely N-dealkylation sites (N-methyl/N-ethyl adjacent to an activating group) is 1. The second-order valence-corrected chi connectivity index (χ2v) is 7.50. The van der Waals surface area contributed by atoms with Gasteiger partial charge in [0.2, 0.25) is 0 Å². The summed E-state index contributed by atoms with van der Waals surface area (Å²) in [5.74, 6) is -0.773. The maximum Gasteiger partial charge on any atom is 0.328 e. The summed E-state index contributed by atoms with van der Waals surface area (Å²) in [6.07, 6.45) is -0.806. The van der Waals surface area contributed by atoms with Crippen molar-refractivity contribution in [3.05, 3.63) is 35.6 Å². The fraction of sp³-hybridized carbons (Fsp3) is 0.526. The predicted octanol–water partition coefficient (Wildman–Crippen LogP) is 0.441. The van der Waals surface area contributed by atoms with Crippen LogP contribution in [0.2, 0.25) is 0 Å². The van der Waals surface area contributed by atoms with Crippen molar-refractivity contribution in [3.8, 4) is 0 Å². The minimum absolute atomic E-state index is 0.100. The number of ether oxygens (including phenoxy) is 1. The second-order valence-electron chi connectivity index (χ2n) is 7.50. The minimum Gasteiger partial charge on any atom is -0.383 e. The standard InChI is InChI=1S/C19H25FN6O3/c1-12-10-24-15-16(21-18(24)26(22-12)8-9-29-3)23(2)19(28)25(17(15)27)11-13-6-4-5-7-14(13)20/h4-7,15-16,18,21H,8-11H2,1-3H3. The molecule has 156 valence electrons. The maximum absolute atomic E-state index is 14.1. The molecule has 2 saturated heterocycles. The number of fused-ring (bicyclic) bond motifs is 3. The number of hydrogen-bond acceptors (Lipinski definition) is 7. The van der Waals surface area contributed by atoms with Gasteiger partial charge in [-0.15, -0.1) is 0 Å². The summed E-state index contributed by atoms with van der Waals surface area (Å²) >= 11 is 0. The Hall–Kier alpha value is -2.56. The van der Waals surface area contributed by atoms with Gasteiger partial charge in [0.1, 0.15) is 18.0 Å². The van der Waals surface area contributed by atoms with E-state index in [1.807, 2.05) is 16.8 Å². The Morgan fingerprint density at radius 3 is 2.79 bits per heavy atom. The number of hydrogen-bond donors (Lipinski definition) is 1. The number of rotatable bonds is 5.